The highest BCUT2D eigenvalue weighted by molar-refractivity contribution is 7.89. The predicted octanol–water partition coefficient (Wildman–Crippen LogP) is 0.949. The van der Waals surface area contributed by atoms with Crippen LogP contribution in [0.25, 0.3) is 0 Å². The molecule has 2 N–H and O–H groups in total. The van der Waals surface area contributed by atoms with Crippen molar-refractivity contribution < 1.29 is 42.4 Å². The van der Waals surface area contributed by atoms with Gasteiger partial charge in [-0.05, 0) is 49.8 Å². The summed E-state index contributed by atoms with van der Waals surface area (Å²) < 4.78 is 44.9. The number of nitrogens with zero attached hydrogens (tertiary/aromatic N) is 4. The molecule has 2 aliphatic heterocycles. The van der Waals surface area contributed by atoms with Crippen molar-refractivity contribution in [3.8, 4) is 5.75 Å². The van der Waals surface area contributed by atoms with Crippen molar-refractivity contribution in [3.63, 3.8) is 0 Å². The van der Waals surface area contributed by atoms with Crippen LogP contribution in [0.3, 0.4) is 0 Å². The number of hydrogen-bond donors (Lipinski definition) is 2. The molecule has 3 rings (SSSR count). The summed E-state index contributed by atoms with van der Waals surface area (Å²) in [5, 5.41) is 21.2. The van der Waals surface area contributed by atoms with Crippen LogP contribution in [-0.4, -0.2) is 154 Å². The van der Waals surface area contributed by atoms with E-state index in [-0.39, 0.29) is 68.0 Å². The molecule has 0 unspecified atom stereocenters. The first-order valence-corrected chi connectivity index (χ1v) is 17.6. The van der Waals surface area contributed by atoms with Crippen molar-refractivity contribution in [2.24, 2.45) is 5.92 Å². The first kappa shape index (κ1) is 38.1. The van der Waals surface area contributed by atoms with E-state index in [0.29, 0.717) is 51.3 Å². The predicted molar refractivity (Wildman–Crippen MR) is 173 cm³/mol. The lowest BCUT2D eigenvalue weighted by Crippen LogP contribution is -2.56. The number of aliphatic hydroxyl groups is 2. The Morgan fingerprint density at radius 2 is 1.74 bits per heavy atom. The number of carbonyl (C=O) groups is 2. The largest absolute Gasteiger partial charge is 0.495 e. The fourth-order valence-corrected chi connectivity index (χ4v) is 7.71. The Bertz CT molecular complexity index is 1240. The molecule has 0 saturated carbocycles. The van der Waals surface area contributed by atoms with Crippen LogP contribution in [0.2, 0.25) is 0 Å². The summed E-state index contributed by atoms with van der Waals surface area (Å²) in [6, 6.07) is 4.79. The van der Waals surface area contributed by atoms with Gasteiger partial charge in [0.1, 0.15) is 29.0 Å². The van der Waals surface area contributed by atoms with Gasteiger partial charge in [-0.15, -0.1) is 0 Å². The Balaban J connectivity index is 1.77. The molecule has 0 bridgehead atoms. The average Bonchev–Trinajstić information content (AvgIpc) is 3.01. The van der Waals surface area contributed by atoms with E-state index in [9.17, 15) is 28.2 Å². The second-order valence-electron chi connectivity index (χ2n) is 12.7. The van der Waals surface area contributed by atoms with Gasteiger partial charge < -0.3 is 34.2 Å². The first-order chi connectivity index (χ1) is 21.8. The number of aliphatic hydroxyl groups excluding tert-OH is 2. The number of piperazine rings is 1. The van der Waals surface area contributed by atoms with Crippen LogP contribution in [0, 0.1) is 12.8 Å². The minimum Gasteiger partial charge on any atom is -0.495 e. The zero-order valence-electron chi connectivity index (χ0n) is 28.3. The second-order valence-corrected chi connectivity index (χ2v) is 14.6. The van der Waals surface area contributed by atoms with Crippen molar-refractivity contribution in [2.75, 3.05) is 79.8 Å². The highest BCUT2D eigenvalue weighted by Crippen LogP contribution is 2.28. The standard InChI is InChI=1S/C32H54N4O9S/c1-23(2)17-26-19-34(25(4)37)20-29(44-6)32(40)27(38)22-45-16-8-7-11-36(26)31(39)21-33-12-14-35(15-13-33)46(41,42)30-18-24(3)9-10-28(30)43-5/h9-10,18,23,26-27,29,32,38,40H,7-8,11-17,19-22H2,1-6H3/t26-,27-,29-,32-/m1/s1. The van der Waals surface area contributed by atoms with Gasteiger partial charge in [0.15, 0.2) is 0 Å². The van der Waals surface area contributed by atoms with E-state index < -0.39 is 28.3 Å². The molecule has 0 radical (unpaired) electrons. The highest BCUT2D eigenvalue weighted by atomic mass is 32.2. The molecule has 2 heterocycles. The molecule has 2 aliphatic rings. The van der Waals surface area contributed by atoms with Gasteiger partial charge in [-0.2, -0.15) is 4.31 Å². The van der Waals surface area contributed by atoms with Crippen molar-refractivity contribution >= 4 is 21.8 Å². The summed E-state index contributed by atoms with van der Waals surface area (Å²) in [5.41, 5.74) is 0.818. The van der Waals surface area contributed by atoms with Crippen LogP contribution >= 0.6 is 0 Å². The number of carbonyl (C=O) groups excluding carboxylic acids is 2. The monoisotopic (exact) mass is 670 g/mol. The van der Waals surface area contributed by atoms with E-state index in [0.717, 1.165) is 5.56 Å². The maximum atomic E-state index is 14.0. The molecule has 1 aromatic rings. The molecular weight excluding hydrogens is 616 g/mol. The van der Waals surface area contributed by atoms with Crippen molar-refractivity contribution in [1.29, 1.82) is 0 Å². The zero-order chi connectivity index (χ0) is 34.0. The molecule has 2 amide bonds. The summed E-state index contributed by atoms with van der Waals surface area (Å²) in [6.07, 6.45) is -1.32. The van der Waals surface area contributed by atoms with Crippen LogP contribution < -0.4 is 4.74 Å². The number of sulfonamides is 1. The third-order valence-corrected chi connectivity index (χ3v) is 10.6. The SMILES string of the molecule is COc1ccc(C)cc1S(=O)(=O)N1CCN(CC(=O)N2CCCCOC[C@@H](O)[C@@H](O)[C@H](OC)CN(C(C)=O)C[C@H]2CC(C)C)CC1. The van der Waals surface area contributed by atoms with Gasteiger partial charge in [-0.25, -0.2) is 8.42 Å². The Labute approximate surface area is 274 Å². The molecule has 2 fully saturated rings. The quantitative estimate of drug-likeness (QED) is 0.410. The summed E-state index contributed by atoms with van der Waals surface area (Å²) in [4.78, 5) is 32.4. The van der Waals surface area contributed by atoms with Gasteiger partial charge in [-0.3, -0.25) is 14.5 Å². The number of amides is 2. The van der Waals surface area contributed by atoms with Gasteiger partial charge >= 0.3 is 0 Å². The van der Waals surface area contributed by atoms with Gasteiger partial charge in [0.05, 0.1) is 20.3 Å². The number of hydrogen-bond acceptors (Lipinski definition) is 10. The molecule has 0 aromatic heterocycles. The molecule has 14 heteroatoms. The van der Waals surface area contributed by atoms with Crippen LogP contribution in [0.5, 0.6) is 5.75 Å². The maximum Gasteiger partial charge on any atom is 0.246 e. The summed E-state index contributed by atoms with van der Waals surface area (Å²) in [7, 11) is -0.911. The van der Waals surface area contributed by atoms with E-state index in [4.69, 9.17) is 14.2 Å². The number of methoxy groups -OCH3 is 2. The van der Waals surface area contributed by atoms with E-state index in [1.165, 1.54) is 25.4 Å². The molecule has 1 aromatic carbocycles. The minimum absolute atomic E-state index is 0.0445. The van der Waals surface area contributed by atoms with E-state index in [1.807, 2.05) is 16.7 Å². The molecule has 4 atom stereocenters. The highest BCUT2D eigenvalue weighted by Gasteiger charge is 2.35. The lowest BCUT2D eigenvalue weighted by Gasteiger charge is -2.40. The number of rotatable bonds is 8. The number of benzene rings is 1. The van der Waals surface area contributed by atoms with Crippen LogP contribution in [-0.2, 0) is 29.1 Å². The summed E-state index contributed by atoms with van der Waals surface area (Å²) in [5.74, 6) is 0.219. The molecule has 262 valence electrons. The van der Waals surface area contributed by atoms with Crippen LogP contribution in [0.15, 0.2) is 23.1 Å². The normalized spacial score (nSPS) is 25.3. The van der Waals surface area contributed by atoms with Crippen molar-refractivity contribution in [1.82, 2.24) is 19.0 Å². The molecule has 0 aliphatic carbocycles. The number of ether oxygens (including phenoxy) is 3. The summed E-state index contributed by atoms with van der Waals surface area (Å²) >= 11 is 0. The smallest absolute Gasteiger partial charge is 0.246 e. The topological polar surface area (TPSA) is 149 Å². The third kappa shape index (κ3) is 10.3. The fraction of sp³-hybridized carbons (Fsp3) is 0.750. The molecule has 2 saturated heterocycles. The molecule has 13 nitrogen and oxygen atoms in total. The van der Waals surface area contributed by atoms with Gasteiger partial charge in [0.25, 0.3) is 0 Å². The van der Waals surface area contributed by atoms with Gasteiger partial charge in [0.2, 0.25) is 21.8 Å². The molecule has 46 heavy (non-hydrogen) atoms. The molecule has 0 spiro atoms. The minimum atomic E-state index is -3.79. The lowest BCUT2D eigenvalue weighted by molar-refractivity contribution is -0.143. The Hall–Kier alpha value is -2.33. The van der Waals surface area contributed by atoms with Crippen molar-refractivity contribution in [3.05, 3.63) is 23.8 Å². The first-order valence-electron chi connectivity index (χ1n) is 16.2. The van der Waals surface area contributed by atoms with Crippen LogP contribution in [0.4, 0.5) is 0 Å². The number of aryl methyl sites for hydroxylation is 1. The van der Waals surface area contributed by atoms with Gasteiger partial charge in [0, 0.05) is 72.5 Å². The Morgan fingerprint density at radius 3 is 2.35 bits per heavy atom. The van der Waals surface area contributed by atoms with E-state index in [1.54, 1.807) is 23.1 Å². The second kappa shape index (κ2) is 17.7. The van der Waals surface area contributed by atoms with Gasteiger partial charge in [-0.1, -0.05) is 19.9 Å². The lowest BCUT2D eigenvalue weighted by atomic mass is 10.00. The zero-order valence-corrected chi connectivity index (χ0v) is 29.1. The average molecular weight is 671 g/mol. The van der Waals surface area contributed by atoms with E-state index in [2.05, 4.69) is 13.8 Å². The Morgan fingerprint density at radius 1 is 1.04 bits per heavy atom. The van der Waals surface area contributed by atoms with Crippen molar-refractivity contribution in [2.45, 2.75) is 76.2 Å². The summed E-state index contributed by atoms with van der Waals surface area (Å²) in [6.45, 7) is 9.86. The molecular formula is C32H54N4O9S. The maximum absolute atomic E-state index is 14.0. The fourth-order valence-electron chi connectivity index (χ4n) is 6.05. The third-order valence-electron chi connectivity index (χ3n) is 8.71. The van der Waals surface area contributed by atoms with Crippen LogP contribution in [0.1, 0.15) is 45.6 Å². The van der Waals surface area contributed by atoms with E-state index >= 15 is 0 Å². The Kier molecular flexibility index (Phi) is 14.7.